The van der Waals surface area contributed by atoms with Crippen LogP contribution < -0.4 is 17.0 Å². The molecular weight excluding hydrogens is 672 g/mol. The van der Waals surface area contributed by atoms with Gasteiger partial charge in [0, 0.05) is 29.0 Å². The summed E-state index contributed by atoms with van der Waals surface area (Å²) in [5, 5.41) is 23.6. The number of aromatic nitrogens is 5. The maximum absolute atomic E-state index is 13.6. The van der Waals surface area contributed by atoms with Crippen LogP contribution in [0.5, 0.6) is 0 Å². The van der Waals surface area contributed by atoms with Gasteiger partial charge in [0.2, 0.25) is 5.95 Å². The highest BCUT2D eigenvalue weighted by Crippen LogP contribution is 2.58. The third-order valence-corrected chi connectivity index (χ3v) is 10.5. The van der Waals surface area contributed by atoms with E-state index in [9.17, 15) is 29.0 Å². The van der Waals surface area contributed by atoms with Gasteiger partial charge in [0.05, 0.1) is 19.5 Å². The molecule has 8 N–H and O–H groups in total. The monoisotopic (exact) mass is 699 g/mol. The molecule has 22 heteroatoms. The molecule has 3 saturated heterocycles. The topological polar surface area (TPSA) is 279 Å². The number of phosphoric acid groups is 1. The molecule has 7 rings (SSSR count). The van der Waals surface area contributed by atoms with Crippen LogP contribution >= 0.6 is 26.9 Å². The van der Waals surface area contributed by atoms with Crippen LogP contribution in [0.25, 0.3) is 21.9 Å². The van der Waals surface area contributed by atoms with Gasteiger partial charge in [-0.2, -0.15) is 4.98 Å². The van der Waals surface area contributed by atoms with Gasteiger partial charge in [-0.05, 0) is 11.5 Å². The molecule has 46 heavy (non-hydrogen) atoms. The highest BCUT2D eigenvalue weighted by atomic mass is 32.7. The lowest BCUT2D eigenvalue weighted by molar-refractivity contribution is -0.0594. The molecule has 246 valence electrons. The van der Waals surface area contributed by atoms with Crippen molar-refractivity contribution in [3.05, 3.63) is 52.8 Å². The van der Waals surface area contributed by atoms with E-state index < -0.39 is 82.3 Å². The Balaban J connectivity index is 1.21. The van der Waals surface area contributed by atoms with Crippen LogP contribution in [0, 0.1) is 0 Å². The Labute approximate surface area is 263 Å². The fourth-order valence-electron chi connectivity index (χ4n) is 5.75. The highest BCUT2D eigenvalue weighted by Gasteiger charge is 2.53. The average molecular weight is 700 g/mol. The predicted molar refractivity (Wildman–Crippen MR) is 160 cm³/mol. The van der Waals surface area contributed by atoms with E-state index in [1.807, 2.05) is 0 Å². The van der Waals surface area contributed by atoms with Crippen LogP contribution in [0.1, 0.15) is 17.9 Å². The molecule has 6 unspecified atom stereocenters. The second kappa shape index (κ2) is 11.6. The van der Waals surface area contributed by atoms with Gasteiger partial charge in [-0.1, -0.05) is 24.4 Å². The molecular formula is C24H27N7O12P2S. The molecule has 6 heterocycles. The first-order chi connectivity index (χ1) is 21.8. The molecule has 0 saturated carbocycles. The van der Waals surface area contributed by atoms with Gasteiger partial charge < -0.3 is 36.0 Å². The number of benzene rings is 1. The Hall–Kier alpha value is -2.97. The van der Waals surface area contributed by atoms with Crippen LogP contribution in [0.4, 0.5) is 11.6 Å². The lowest BCUT2D eigenvalue weighted by atomic mass is 9.98. The largest absolute Gasteiger partial charge is 0.472 e. The number of nitrogens with zero attached hydrogens (tertiary/aromatic N) is 4. The molecule has 3 aliphatic rings. The number of imidazole rings is 1. The average Bonchev–Trinajstić information content (AvgIpc) is 3.64. The quantitative estimate of drug-likeness (QED) is 0.0854. The number of H-pyrrole nitrogens is 1. The summed E-state index contributed by atoms with van der Waals surface area (Å²) in [6.45, 7) is -5.77. The minimum absolute atomic E-state index is 0.0623. The Bertz CT molecular complexity index is 1980. The highest BCUT2D eigenvalue weighted by molar-refractivity contribution is 8.44. The number of fused-ring (bicyclic) bond motifs is 5. The number of hydrogen-bond acceptors (Lipinski definition) is 16. The number of nitrogens with two attached hydrogens (primary N) is 2. The number of nitrogens with one attached hydrogen (secondary N) is 1. The molecule has 0 amide bonds. The Morgan fingerprint density at radius 1 is 1.00 bits per heavy atom. The molecule has 3 aromatic heterocycles. The third-order valence-electron chi connectivity index (χ3n) is 7.86. The van der Waals surface area contributed by atoms with E-state index in [-0.39, 0.29) is 17.1 Å². The molecule has 10 atom stereocenters. The van der Waals surface area contributed by atoms with Crippen molar-refractivity contribution < 1.29 is 51.8 Å². The molecule has 2 bridgehead atoms. The Morgan fingerprint density at radius 3 is 2.59 bits per heavy atom. The van der Waals surface area contributed by atoms with Crippen LogP contribution in [-0.2, 0) is 36.7 Å². The number of aliphatic hydroxyl groups is 2. The fourth-order valence-corrected chi connectivity index (χ4v) is 8.18. The van der Waals surface area contributed by atoms with Gasteiger partial charge in [0.25, 0.3) is 5.56 Å². The summed E-state index contributed by atoms with van der Waals surface area (Å²) in [5.41, 5.74) is 11.8. The van der Waals surface area contributed by atoms with Crippen molar-refractivity contribution in [3.8, 4) is 0 Å². The summed E-state index contributed by atoms with van der Waals surface area (Å²) in [5.74, 6) is -0.242. The maximum atomic E-state index is 13.6. The van der Waals surface area contributed by atoms with Crippen molar-refractivity contribution in [1.82, 2.24) is 24.5 Å². The second-order valence-electron chi connectivity index (χ2n) is 10.8. The standard InChI is InChI=1S/C24H27N7O12P2S/c25-12-3-1-2-9-10(12)4-27-5-11(9)18-17(33)19-14(40-18)7-39-45(37,46)43-20-16(32)13(6-38-44(35,36)42-19)41-23(20)31-8-28-15-21(31)29-24(26)30-22(15)34/h1-5,8,13-14,16-20,23,32-33H,6-7,25H2,(H,35,36)(H,37,46)(H3,26,29,30,34)/t13-,14-,16?,17?,18+,19?,20?,23-,45?/m1/s1. The second-order valence-corrected chi connectivity index (χ2v) is 15.0. The first-order valence-electron chi connectivity index (χ1n) is 13.6. The van der Waals surface area contributed by atoms with Crippen molar-refractivity contribution >= 4 is 60.4 Å². The van der Waals surface area contributed by atoms with Gasteiger partial charge >= 0.3 is 14.6 Å². The first-order valence-corrected chi connectivity index (χ1v) is 17.8. The van der Waals surface area contributed by atoms with E-state index in [2.05, 4.69) is 32.2 Å². The summed E-state index contributed by atoms with van der Waals surface area (Å²) < 4.78 is 61.6. The molecule has 19 nitrogen and oxygen atoms in total. The van der Waals surface area contributed by atoms with Crippen LogP contribution in [0.15, 0.2) is 41.7 Å². The fraction of sp³-hybridized carbons (Fsp3) is 0.417. The van der Waals surface area contributed by atoms with Crippen LogP contribution in [-0.4, -0.2) is 89.4 Å². The van der Waals surface area contributed by atoms with Gasteiger partial charge in [0.15, 0.2) is 17.4 Å². The number of thiol groups is 1. The summed E-state index contributed by atoms with van der Waals surface area (Å²) in [6, 6.07) is 5.12. The van der Waals surface area contributed by atoms with Crippen LogP contribution in [0.2, 0.25) is 0 Å². The summed E-state index contributed by atoms with van der Waals surface area (Å²) >= 11 is 4.07. The zero-order valence-corrected chi connectivity index (χ0v) is 26.0. The molecule has 4 aromatic rings. The molecule has 3 fully saturated rings. The third kappa shape index (κ3) is 5.63. The van der Waals surface area contributed by atoms with Crippen LogP contribution in [0.3, 0.4) is 0 Å². The number of rotatable bonds is 2. The van der Waals surface area contributed by atoms with Crippen molar-refractivity contribution in [2.45, 2.75) is 49.0 Å². The minimum atomic E-state index is -5.00. The number of ether oxygens (including phenoxy) is 2. The zero-order valence-electron chi connectivity index (χ0n) is 23.3. The van der Waals surface area contributed by atoms with Crippen molar-refractivity contribution in [2.75, 3.05) is 24.7 Å². The number of pyridine rings is 1. The van der Waals surface area contributed by atoms with Crippen molar-refractivity contribution in [3.63, 3.8) is 0 Å². The normalized spacial score (nSPS) is 37.0. The Kier molecular flexibility index (Phi) is 7.99. The molecule has 1 aromatic carbocycles. The number of aliphatic hydroxyl groups excluding tert-OH is 2. The van der Waals surface area contributed by atoms with E-state index in [1.54, 1.807) is 24.4 Å². The molecule has 0 spiro atoms. The minimum Gasteiger partial charge on any atom is -0.398 e. The van der Waals surface area contributed by atoms with Crippen molar-refractivity contribution in [2.24, 2.45) is 0 Å². The van der Waals surface area contributed by atoms with Gasteiger partial charge in [-0.25, -0.2) is 14.1 Å². The predicted octanol–water partition coefficient (Wildman–Crippen LogP) is 0.547. The van der Waals surface area contributed by atoms with E-state index in [0.717, 1.165) is 6.33 Å². The Morgan fingerprint density at radius 2 is 1.78 bits per heavy atom. The SMILES string of the molecule is Nc1nc2c(ncn2[C@@H]2O[C@@H]3COP(=O)(O)OC4C(O)[C@H](c5cncc6c(N)cccc56)O[C@@H]4COP(=O)(S)OC2C3O)c(=O)[nH]1. The smallest absolute Gasteiger partial charge is 0.398 e. The number of nitrogen functional groups attached to an aromatic ring is 2. The number of anilines is 2. The van der Waals surface area contributed by atoms with E-state index in [4.69, 9.17) is 39.0 Å². The molecule has 3 aliphatic heterocycles. The summed E-state index contributed by atoms with van der Waals surface area (Å²) in [4.78, 5) is 37.6. The van der Waals surface area contributed by atoms with Crippen molar-refractivity contribution in [1.29, 1.82) is 0 Å². The van der Waals surface area contributed by atoms with E-state index in [0.29, 0.717) is 22.0 Å². The van der Waals surface area contributed by atoms with Gasteiger partial charge in [0.1, 0.15) is 42.7 Å². The van der Waals surface area contributed by atoms with Gasteiger partial charge in [-0.3, -0.25) is 37.4 Å². The maximum Gasteiger partial charge on any atom is 0.472 e. The molecule has 0 radical (unpaired) electrons. The first kappa shape index (κ1) is 31.6. The summed E-state index contributed by atoms with van der Waals surface area (Å²) in [7, 11) is -5.00. The number of hydrogen-bond donors (Lipinski definition) is 7. The summed E-state index contributed by atoms with van der Waals surface area (Å²) in [6.07, 6.45) is -7.37. The van der Waals surface area contributed by atoms with Gasteiger partial charge in [-0.15, -0.1) is 0 Å². The number of phosphoric ester groups is 1. The lowest BCUT2D eigenvalue weighted by Gasteiger charge is -2.26. The number of aromatic amines is 1. The van der Waals surface area contributed by atoms with E-state index in [1.165, 1.54) is 10.8 Å². The van der Waals surface area contributed by atoms with E-state index >= 15 is 0 Å². The molecule has 0 aliphatic carbocycles. The zero-order chi connectivity index (χ0) is 32.5. The lowest BCUT2D eigenvalue weighted by Crippen LogP contribution is -2.35.